The quantitative estimate of drug-likeness (QED) is 0.112. The molecule has 0 aliphatic carbocycles. The van der Waals surface area contributed by atoms with E-state index in [-0.39, 0.29) is 27.2 Å². The molecule has 0 aromatic heterocycles. The van der Waals surface area contributed by atoms with E-state index in [1.165, 1.54) is 16.7 Å². The van der Waals surface area contributed by atoms with E-state index >= 15 is 0 Å². The maximum absolute atomic E-state index is 6.09. The van der Waals surface area contributed by atoms with Crippen molar-refractivity contribution in [1.29, 1.82) is 0 Å². The zero-order valence-electron chi connectivity index (χ0n) is 27.5. The van der Waals surface area contributed by atoms with Crippen molar-refractivity contribution in [2.75, 3.05) is 55.6 Å². The molecular formula is C35H50O8. The molecule has 0 spiro atoms. The summed E-state index contributed by atoms with van der Waals surface area (Å²) in [5, 5.41) is 0. The van der Waals surface area contributed by atoms with Crippen molar-refractivity contribution in [3.05, 3.63) is 70.3 Å². The van der Waals surface area contributed by atoms with Gasteiger partial charge in [-0.2, -0.15) is 0 Å². The van der Waals surface area contributed by atoms with Gasteiger partial charge in [0.05, 0.1) is 0 Å². The Morgan fingerprint density at radius 3 is 1.53 bits per heavy atom. The topological polar surface area (TPSA) is 73.8 Å². The predicted molar refractivity (Wildman–Crippen MR) is 171 cm³/mol. The van der Waals surface area contributed by atoms with Crippen LogP contribution in [0.5, 0.6) is 23.0 Å². The largest absolute Gasteiger partial charge is 0.467 e. The van der Waals surface area contributed by atoms with Crippen LogP contribution in [-0.4, -0.2) is 55.6 Å². The molecule has 0 radical (unpaired) electrons. The van der Waals surface area contributed by atoms with Gasteiger partial charge < -0.3 is 37.9 Å². The number of ether oxygens (including phenoxy) is 8. The number of rotatable bonds is 20. The monoisotopic (exact) mass is 598 g/mol. The minimum absolute atomic E-state index is 0.0670. The summed E-state index contributed by atoms with van der Waals surface area (Å²) in [6.45, 7) is 10.9. The highest BCUT2D eigenvalue weighted by Crippen LogP contribution is 2.41. The summed E-state index contributed by atoms with van der Waals surface area (Å²) in [4.78, 5) is 0. The van der Waals surface area contributed by atoms with Crippen LogP contribution < -0.4 is 18.9 Å². The molecule has 0 saturated heterocycles. The first kappa shape index (κ1) is 35.9. The fourth-order valence-electron chi connectivity index (χ4n) is 4.27. The van der Waals surface area contributed by atoms with E-state index in [0.29, 0.717) is 35.8 Å². The van der Waals surface area contributed by atoms with E-state index in [0.717, 1.165) is 35.1 Å². The molecule has 2 aromatic carbocycles. The van der Waals surface area contributed by atoms with Gasteiger partial charge in [0.15, 0.2) is 38.7 Å². The Balaban J connectivity index is 2.76. The Kier molecular flexibility index (Phi) is 16.5. The second-order valence-electron chi connectivity index (χ2n) is 10.7. The van der Waals surface area contributed by atoms with Gasteiger partial charge in [-0.05, 0) is 101 Å². The number of benzene rings is 2. The first-order chi connectivity index (χ1) is 20.7. The average Bonchev–Trinajstić information content (AvgIpc) is 2.98. The van der Waals surface area contributed by atoms with Crippen LogP contribution in [0.25, 0.3) is 11.1 Å². The van der Waals surface area contributed by atoms with Crippen LogP contribution in [0, 0.1) is 0 Å². The SMILES string of the molecule is COCOc1cc(C/C=C(\C)CCC=C(C)C)c(-c2cc(OCOC)c(CC=C(C)C)c(OCOC)c2)cc1OCOC. The normalized spacial score (nSPS) is 11.2. The minimum atomic E-state index is 0.0670. The Labute approximate surface area is 258 Å². The molecule has 0 saturated carbocycles. The van der Waals surface area contributed by atoms with E-state index < -0.39 is 0 Å². The van der Waals surface area contributed by atoms with Crippen molar-refractivity contribution in [3.63, 3.8) is 0 Å². The van der Waals surface area contributed by atoms with E-state index in [9.17, 15) is 0 Å². The molecule has 0 fully saturated rings. The molecule has 8 heteroatoms. The standard InChI is InChI=1S/C35H50O8/c1-25(2)11-10-12-27(5)14-15-28-17-34(42-23-38-8)35(43-24-39-9)20-31(28)29-18-32(40-21-36-6)30(16-13-26(3)4)33(19-29)41-22-37-7/h11,13-14,17-20H,10,12,15-16,21-24H2,1-9H3/b27-14+. The fraction of sp³-hybridized carbons (Fsp3) is 0.486. The maximum Gasteiger partial charge on any atom is 0.188 e. The van der Waals surface area contributed by atoms with Crippen molar-refractivity contribution in [3.8, 4) is 34.1 Å². The molecule has 43 heavy (non-hydrogen) atoms. The van der Waals surface area contributed by atoms with E-state index in [2.05, 4.69) is 52.8 Å². The molecule has 0 amide bonds. The summed E-state index contributed by atoms with van der Waals surface area (Å²) in [7, 11) is 6.37. The molecule has 0 heterocycles. The van der Waals surface area contributed by atoms with Gasteiger partial charge in [-0.15, -0.1) is 0 Å². The smallest absolute Gasteiger partial charge is 0.188 e. The lowest BCUT2D eigenvalue weighted by atomic mass is 9.93. The lowest BCUT2D eigenvalue weighted by Gasteiger charge is -2.20. The van der Waals surface area contributed by atoms with Crippen LogP contribution >= 0.6 is 0 Å². The van der Waals surface area contributed by atoms with Gasteiger partial charge in [0.1, 0.15) is 11.5 Å². The maximum atomic E-state index is 6.09. The van der Waals surface area contributed by atoms with E-state index in [1.54, 1.807) is 28.4 Å². The summed E-state index contributed by atoms with van der Waals surface area (Å²) in [6.07, 6.45) is 9.99. The van der Waals surface area contributed by atoms with Crippen LogP contribution in [0.2, 0.25) is 0 Å². The molecule has 2 aromatic rings. The van der Waals surface area contributed by atoms with Crippen molar-refractivity contribution >= 4 is 0 Å². The molecule has 8 nitrogen and oxygen atoms in total. The lowest BCUT2D eigenvalue weighted by molar-refractivity contribution is 0.0322. The summed E-state index contributed by atoms with van der Waals surface area (Å²) in [5.74, 6) is 2.44. The van der Waals surface area contributed by atoms with E-state index in [1.807, 2.05) is 24.3 Å². The Hall–Kier alpha value is -3.30. The first-order valence-electron chi connectivity index (χ1n) is 14.5. The Morgan fingerprint density at radius 1 is 0.558 bits per heavy atom. The fourth-order valence-corrected chi connectivity index (χ4v) is 4.27. The molecule has 0 N–H and O–H groups in total. The van der Waals surface area contributed by atoms with Gasteiger partial charge in [0, 0.05) is 34.0 Å². The Morgan fingerprint density at radius 2 is 1.05 bits per heavy atom. The first-order valence-corrected chi connectivity index (χ1v) is 14.5. The van der Waals surface area contributed by atoms with E-state index in [4.69, 9.17) is 37.9 Å². The van der Waals surface area contributed by atoms with Gasteiger partial charge >= 0.3 is 0 Å². The van der Waals surface area contributed by atoms with Crippen molar-refractivity contribution in [2.45, 2.75) is 60.3 Å². The van der Waals surface area contributed by atoms with Gasteiger partial charge in [-0.25, -0.2) is 0 Å². The second-order valence-corrected chi connectivity index (χ2v) is 10.7. The molecule has 0 bridgehead atoms. The van der Waals surface area contributed by atoms with Gasteiger partial charge in [-0.1, -0.05) is 34.9 Å². The average molecular weight is 599 g/mol. The van der Waals surface area contributed by atoms with Crippen LogP contribution in [-0.2, 0) is 31.8 Å². The molecule has 0 atom stereocenters. The summed E-state index contributed by atoms with van der Waals surface area (Å²) in [5.41, 5.74) is 7.63. The molecule has 0 aliphatic rings. The molecule has 0 unspecified atom stereocenters. The summed E-state index contributed by atoms with van der Waals surface area (Å²) >= 11 is 0. The summed E-state index contributed by atoms with van der Waals surface area (Å²) < 4.78 is 45.0. The number of hydrogen-bond donors (Lipinski definition) is 0. The number of methoxy groups -OCH3 is 4. The molecule has 0 aliphatic heterocycles. The highest BCUT2D eigenvalue weighted by molar-refractivity contribution is 5.75. The summed E-state index contributed by atoms with van der Waals surface area (Å²) in [6, 6.07) is 8.01. The van der Waals surface area contributed by atoms with Crippen LogP contribution in [0.4, 0.5) is 0 Å². The minimum Gasteiger partial charge on any atom is -0.467 e. The zero-order valence-corrected chi connectivity index (χ0v) is 27.5. The second kappa shape index (κ2) is 19.8. The lowest BCUT2D eigenvalue weighted by Crippen LogP contribution is -2.07. The highest BCUT2D eigenvalue weighted by Gasteiger charge is 2.19. The molecule has 2 rings (SSSR count). The molecule has 238 valence electrons. The predicted octanol–water partition coefficient (Wildman–Crippen LogP) is 8.03. The third kappa shape index (κ3) is 12.5. The molecular weight excluding hydrogens is 548 g/mol. The highest BCUT2D eigenvalue weighted by atomic mass is 16.7. The van der Waals surface area contributed by atoms with Crippen LogP contribution in [0.1, 0.15) is 58.6 Å². The third-order valence-electron chi connectivity index (χ3n) is 6.45. The van der Waals surface area contributed by atoms with Gasteiger partial charge in [0.2, 0.25) is 0 Å². The van der Waals surface area contributed by atoms with Crippen molar-refractivity contribution in [1.82, 2.24) is 0 Å². The van der Waals surface area contributed by atoms with Gasteiger partial charge in [-0.3, -0.25) is 0 Å². The zero-order chi connectivity index (χ0) is 31.6. The van der Waals surface area contributed by atoms with Crippen molar-refractivity contribution < 1.29 is 37.9 Å². The number of allylic oxidation sites excluding steroid dienone is 6. The van der Waals surface area contributed by atoms with Crippen LogP contribution in [0.3, 0.4) is 0 Å². The van der Waals surface area contributed by atoms with Crippen LogP contribution in [0.15, 0.2) is 59.2 Å². The third-order valence-corrected chi connectivity index (χ3v) is 6.45. The Bertz CT molecular complexity index is 1190. The van der Waals surface area contributed by atoms with Crippen molar-refractivity contribution in [2.24, 2.45) is 0 Å². The number of hydrogen-bond acceptors (Lipinski definition) is 8. The van der Waals surface area contributed by atoms with Gasteiger partial charge in [0.25, 0.3) is 0 Å².